The highest BCUT2D eigenvalue weighted by Gasteiger charge is 2.47. The summed E-state index contributed by atoms with van der Waals surface area (Å²) in [5.74, 6) is -0.706. The number of ketones is 1. The summed E-state index contributed by atoms with van der Waals surface area (Å²) in [5.41, 5.74) is 1.90. The maximum atomic E-state index is 13.6. The Morgan fingerprint density at radius 1 is 0.821 bits per heavy atom. The van der Waals surface area contributed by atoms with Gasteiger partial charge in [0.1, 0.15) is 17.3 Å². The van der Waals surface area contributed by atoms with E-state index in [-0.39, 0.29) is 21.9 Å². The Morgan fingerprint density at radius 2 is 1.44 bits per heavy atom. The molecule has 0 spiro atoms. The molecule has 3 aromatic carbocycles. The molecule has 0 aliphatic carbocycles. The van der Waals surface area contributed by atoms with Gasteiger partial charge in [0.15, 0.2) is 11.5 Å². The summed E-state index contributed by atoms with van der Waals surface area (Å²) in [6, 6.07) is 14.2. The summed E-state index contributed by atoms with van der Waals surface area (Å²) in [5, 5.41) is 11.8. The molecule has 0 saturated carbocycles. The zero-order chi connectivity index (χ0) is 28.4. The number of amides is 1. The molecule has 4 rings (SSSR count). The van der Waals surface area contributed by atoms with E-state index in [1.807, 2.05) is 31.1 Å². The summed E-state index contributed by atoms with van der Waals surface area (Å²) in [7, 11) is 9.66. The van der Waals surface area contributed by atoms with Crippen molar-refractivity contribution in [1.29, 1.82) is 0 Å². The minimum atomic E-state index is -0.999. The number of benzene rings is 3. The predicted octanol–water partition coefficient (Wildman–Crippen LogP) is 5.07. The molecular weight excluding hydrogens is 524 g/mol. The maximum absolute atomic E-state index is 13.6. The number of hydrogen-bond donors (Lipinski definition) is 1. The number of hydrogen-bond acceptors (Lipinski definition) is 8. The smallest absolute Gasteiger partial charge is 0.300 e. The van der Waals surface area contributed by atoms with Crippen LogP contribution in [-0.2, 0) is 9.59 Å². The van der Waals surface area contributed by atoms with Crippen LogP contribution in [0.1, 0.15) is 17.2 Å². The van der Waals surface area contributed by atoms with Gasteiger partial charge < -0.3 is 29.0 Å². The third kappa shape index (κ3) is 4.93. The minimum absolute atomic E-state index is 0.134. The average molecular weight is 553 g/mol. The lowest BCUT2D eigenvalue weighted by atomic mass is 9.94. The Bertz CT molecular complexity index is 1450. The van der Waals surface area contributed by atoms with Crippen LogP contribution in [0.2, 0.25) is 5.02 Å². The molecule has 1 saturated heterocycles. The third-order valence-corrected chi connectivity index (χ3v) is 6.84. The van der Waals surface area contributed by atoms with Crippen LogP contribution in [0, 0.1) is 0 Å². The molecule has 0 aromatic heterocycles. The molecule has 1 fully saturated rings. The second-order valence-electron chi connectivity index (χ2n) is 8.88. The molecule has 1 N–H and O–H groups in total. The van der Waals surface area contributed by atoms with E-state index < -0.39 is 23.5 Å². The fourth-order valence-corrected chi connectivity index (χ4v) is 4.78. The van der Waals surface area contributed by atoms with E-state index in [9.17, 15) is 14.7 Å². The van der Waals surface area contributed by atoms with E-state index in [0.717, 1.165) is 5.69 Å². The second-order valence-corrected chi connectivity index (χ2v) is 9.29. The fourth-order valence-electron chi connectivity index (χ4n) is 4.54. The lowest BCUT2D eigenvalue weighted by molar-refractivity contribution is -0.132. The quantitative estimate of drug-likeness (QED) is 0.235. The Balaban J connectivity index is 1.99. The number of aliphatic hydroxyl groups is 1. The zero-order valence-corrected chi connectivity index (χ0v) is 23.2. The van der Waals surface area contributed by atoms with Crippen molar-refractivity contribution >= 4 is 40.4 Å². The van der Waals surface area contributed by atoms with Crippen LogP contribution in [0.4, 0.5) is 11.4 Å². The van der Waals surface area contributed by atoms with Gasteiger partial charge in [0.05, 0.1) is 50.6 Å². The van der Waals surface area contributed by atoms with Gasteiger partial charge in [-0.2, -0.15) is 0 Å². The van der Waals surface area contributed by atoms with E-state index in [1.165, 1.54) is 45.5 Å². The van der Waals surface area contributed by atoms with Gasteiger partial charge in [0, 0.05) is 31.5 Å². The normalized spacial score (nSPS) is 16.3. The monoisotopic (exact) mass is 552 g/mol. The standard InChI is InChI=1S/C29H29ClN2O7/c1-31(2)17-8-10-18(11-9-17)32-26(16-7-12-21(36-3)24(13-16)39-6)25(28(34)29(32)35)27(33)19-14-20(30)23(38-5)15-22(19)37-4/h7-15,26,33H,1-6H3/b27-25+. The van der Waals surface area contributed by atoms with E-state index in [1.54, 1.807) is 30.3 Å². The molecular formula is C29H29ClN2O7. The van der Waals surface area contributed by atoms with Crippen LogP contribution in [0.3, 0.4) is 0 Å². The molecule has 0 radical (unpaired) electrons. The van der Waals surface area contributed by atoms with Crippen molar-refractivity contribution in [3.63, 3.8) is 0 Å². The molecule has 0 bridgehead atoms. The summed E-state index contributed by atoms with van der Waals surface area (Å²) in [4.78, 5) is 30.4. The van der Waals surface area contributed by atoms with Gasteiger partial charge in [-0.05, 0) is 48.0 Å². The van der Waals surface area contributed by atoms with Gasteiger partial charge >= 0.3 is 0 Å². The van der Waals surface area contributed by atoms with Crippen molar-refractivity contribution in [3.05, 3.63) is 76.3 Å². The van der Waals surface area contributed by atoms with Crippen LogP contribution in [-0.4, -0.2) is 59.3 Å². The molecule has 204 valence electrons. The fraction of sp³-hybridized carbons (Fsp3) is 0.241. The molecule has 1 heterocycles. The number of nitrogens with zero attached hydrogens (tertiary/aromatic N) is 2. The Kier molecular flexibility index (Phi) is 7.92. The number of halogens is 1. The Hall–Kier alpha value is -4.37. The summed E-state index contributed by atoms with van der Waals surface area (Å²) in [6.07, 6.45) is 0. The highest BCUT2D eigenvalue weighted by atomic mass is 35.5. The highest BCUT2D eigenvalue weighted by Crippen LogP contribution is 2.46. The highest BCUT2D eigenvalue weighted by molar-refractivity contribution is 6.51. The first kappa shape index (κ1) is 27.7. The number of carbonyl (C=O) groups is 2. The van der Waals surface area contributed by atoms with Crippen LogP contribution in [0.25, 0.3) is 5.76 Å². The molecule has 1 unspecified atom stereocenters. The predicted molar refractivity (Wildman–Crippen MR) is 150 cm³/mol. The molecule has 39 heavy (non-hydrogen) atoms. The van der Waals surface area contributed by atoms with Gasteiger partial charge in [-0.25, -0.2) is 0 Å². The Morgan fingerprint density at radius 3 is 2.00 bits per heavy atom. The van der Waals surface area contributed by atoms with Crippen molar-refractivity contribution in [2.75, 3.05) is 52.3 Å². The van der Waals surface area contributed by atoms with Gasteiger partial charge in [-0.15, -0.1) is 0 Å². The van der Waals surface area contributed by atoms with Gasteiger partial charge in [-0.3, -0.25) is 14.5 Å². The number of anilines is 2. The number of carbonyl (C=O) groups excluding carboxylic acids is 2. The third-order valence-electron chi connectivity index (χ3n) is 6.54. The van der Waals surface area contributed by atoms with Crippen molar-refractivity contribution in [2.45, 2.75) is 6.04 Å². The first-order valence-corrected chi connectivity index (χ1v) is 12.3. The first-order valence-electron chi connectivity index (χ1n) is 11.9. The van der Waals surface area contributed by atoms with E-state index in [0.29, 0.717) is 28.5 Å². The molecule has 9 nitrogen and oxygen atoms in total. The van der Waals surface area contributed by atoms with Crippen molar-refractivity contribution in [1.82, 2.24) is 0 Å². The van der Waals surface area contributed by atoms with Crippen LogP contribution < -0.4 is 28.7 Å². The van der Waals surface area contributed by atoms with E-state index in [2.05, 4.69) is 0 Å². The van der Waals surface area contributed by atoms with Crippen LogP contribution in [0.15, 0.2) is 60.2 Å². The maximum Gasteiger partial charge on any atom is 0.300 e. The summed E-state index contributed by atoms with van der Waals surface area (Å²) in [6.45, 7) is 0. The molecule has 1 amide bonds. The number of ether oxygens (including phenoxy) is 4. The van der Waals surface area contributed by atoms with E-state index in [4.69, 9.17) is 30.5 Å². The molecule has 1 aliphatic heterocycles. The Labute approximate surface area is 231 Å². The molecule has 1 aliphatic rings. The van der Waals surface area contributed by atoms with Crippen molar-refractivity contribution in [3.8, 4) is 23.0 Å². The lowest BCUT2D eigenvalue weighted by Crippen LogP contribution is -2.29. The van der Waals surface area contributed by atoms with Crippen molar-refractivity contribution in [2.24, 2.45) is 0 Å². The number of Topliss-reactive ketones (excluding diaryl/α,β-unsaturated/α-hetero) is 1. The topological polar surface area (TPSA) is 97.8 Å². The molecule has 1 atom stereocenters. The molecule has 10 heteroatoms. The number of rotatable bonds is 8. The zero-order valence-electron chi connectivity index (χ0n) is 22.4. The number of methoxy groups -OCH3 is 4. The van der Waals surface area contributed by atoms with Crippen molar-refractivity contribution < 1.29 is 33.6 Å². The van der Waals surface area contributed by atoms with E-state index >= 15 is 0 Å². The molecule has 3 aromatic rings. The minimum Gasteiger partial charge on any atom is -0.507 e. The number of aliphatic hydroxyl groups excluding tert-OH is 1. The van der Waals surface area contributed by atoms with Gasteiger partial charge in [-0.1, -0.05) is 17.7 Å². The SMILES string of the molecule is COc1cc(OC)c(/C(O)=C2\C(=O)C(=O)N(c3ccc(N(C)C)cc3)C2c2ccc(OC)c(OC)c2)cc1Cl. The average Bonchev–Trinajstić information content (AvgIpc) is 3.21. The largest absolute Gasteiger partial charge is 0.507 e. The van der Waals surface area contributed by atoms with Gasteiger partial charge in [0.2, 0.25) is 0 Å². The second kappa shape index (κ2) is 11.2. The summed E-state index contributed by atoms with van der Waals surface area (Å²) >= 11 is 6.35. The van der Waals surface area contributed by atoms with Crippen LogP contribution in [0.5, 0.6) is 23.0 Å². The van der Waals surface area contributed by atoms with Gasteiger partial charge in [0.25, 0.3) is 11.7 Å². The van der Waals surface area contributed by atoms with Crippen LogP contribution >= 0.6 is 11.6 Å². The summed E-state index contributed by atoms with van der Waals surface area (Å²) < 4.78 is 21.6. The first-order chi connectivity index (χ1) is 18.7. The lowest BCUT2D eigenvalue weighted by Gasteiger charge is -2.26.